The van der Waals surface area contributed by atoms with Crippen molar-refractivity contribution in [2.75, 3.05) is 6.54 Å². The first-order chi connectivity index (χ1) is 12.0. The number of ether oxygens (including phenoxy) is 1. The molecule has 6 heteroatoms. The van der Waals surface area contributed by atoms with Gasteiger partial charge in [-0.15, -0.1) is 11.3 Å². The highest BCUT2D eigenvalue weighted by Gasteiger charge is 2.15. The smallest absolute Gasteiger partial charge is 0.317 e. The quantitative estimate of drug-likeness (QED) is 0.760. The van der Waals surface area contributed by atoms with Gasteiger partial charge in [-0.25, -0.2) is 9.78 Å². The van der Waals surface area contributed by atoms with Crippen LogP contribution in [0.15, 0.2) is 29.6 Å². The molecule has 2 rings (SSSR count). The number of benzene rings is 1. The molecule has 1 aromatic carbocycles. The summed E-state index contributed by atoms with van der Waals surface area (Å²) in [4.78, 5) is 18.7. The van der Waals surface area contributed by atoms with Gasteiger partial charge < -0.3 is 15.0 Å². The number of aromatic nitrogens is 1. The normalized spacial score (nSPS) is 10.8. The van der Waals surface area contributed by atoms with E-state index in [1.807, 2.05) is 50.4 Å². The zero-order chi connectivity index (χ0) is 18.2. The summed E-state index contributed by atoms with van der Waals surface area (Å²) in [6.07, 6.45) is 0.916. The maximum absolute atomic E-state index is 12.3. The van der Waals surface area contributed by atoms with Gasteiger partial charge in [-0.05, 0) is 38.8 Å². The molecule has 0 saturated heterocycles. The van der Waals surface area contributed by atoms with Crippen LogP contribution in [-0.2, 0) is 13.2 Å². The van der Waals surface area contributed by atoms with E-state index in [9.17, 15) is 4.79 Å². The largest absolute Gasteiger partial charge is 0.486 e. The van der Waals surface area contributed by atoms with Crippen LogP contribution < -0.4 is 10.1 Å². The zero-order valence-corrected chi connectivity index (χ0v) is 16.2. The average Bonchev–Trinajstić information content (AvgIpc) is 3.00. The van der Waals surface area contributed by atoms with Crippen molar-refractivity contribution in [1.82, 2.24) is 15.2 Å². The van der Waals surface area contributed by atoms with Crippen molar-refractivity contribution in [3.05, 3.63) is 45.9 Å². The number of urea groups is 1. The van der Waals surface area contributed by atoms with Gasteiger partial charge in [0.2, 0.25) is 0 Å². The van der Waals surface area contributed by atoms with E-state index in [1.165, 1.54) is 0 Å². The summed E-state index contributed by atoms with van der Waals surface area (Å²) in [5, 5.41) is 5.86. The van der Waals surface area contributed by atoms with Crippen LogP contribution in [0.4, 0.5) is 4.79 Å². The van der Waals surface area contributed by atoms with Gasteiger partial charge in [0.15, 0.2) is 0 Å². The minimum absolute atomic E-state index is 0.0393. The van der Waals surface area contributed by atoms with Crippen molar-refractivity contribution in [1.29, 1.82) is 0 Å². The number of nitrogens with one attached hydrogen (secondary N) is 1. The topological polar surface area (TPSA) is 54.5 Å². The van der Waals surface area contributed by atoms with Crippen LogP contribution in [0.25, 0.3) is 0 Å². The van der Waals surface area contributed by atoms with E-state index in [4.69, 9.17) is 4.74 Å². The standard InChI is InChI=1S/C19H27N3O2S/c1-5-10-22(19(23)20-14(2)3)11-16-13-25-18(21-16)12-24-17-9-7-6-8-15(17)4/h6-9,13-14H,5,10-12H2,1-4H3,(H,20,23). The van der Waals surface area contributed by atoms with Gasteiger partial charge in [0, 0.05) is 18.0 Å². The SMILES string of the molecule is CCCN(Cc1csc(COc2ccccc2C)n1)C(=O)NC(C)C. The molecule has 2 aromatic rings. The van der Waals surface area contributed by atoms with Crippen LogP contribution in [-0.4, -0.2) is 28.5 Å². The van der Waals surface area contributed by atoms with Gasteiger partial charge in [-0.3, -0.25) is 0 Å². The van der Waals surface area contributed by atoms with E-state index in [-0.39, 0.29) is 12.1 Å². The van der Waals surface area contributed by atoms with E-state index < -0.39 is 0 Å². The second-order valence-corrected chi connectivity index (χ2v) is 7.26. The number of hydrogen-bond acceptors (Lipinski definition) is 4. The second kappa shape index (κ2) is 9.42. The predicted molar refractivity (Wildman–Crippen MR) is 102 cm³/mol. The van der Waals surface area contributed by atoms with Gasteiger partial charge >= 0.3 is 6.03 Å². The van der Waals surface area contributed by atoms with Crippen LogP contribution in [0.5, 0.6) is 5.75 Å². The highest BCUT2D eigenvalue weighted by atomic mass is 32.1. The fraction of sp³-hybridized carbons (Fsp3) is 0.474. The molecular weight excluding hydrogens is 334 g/mol. The molecule has 2 amide bonds. The van der Waals surface area contributed by atoms with Crippen molar-refractivity contribution in [2.45, 2.75) is 53.3 Å². The van der Waals surface area contributed by atoms with Crippen molar-refractivity contribution >= 4 is 17.4 Å². The molecule has 0 bridgehead atoms. The fourth-order valence-electron chi connectivity index (χ4n) is 2.40. The Labute approximate surface area is 154 Å². The Morgan fingerprint density at radius 2 is 2.12 bits per heavy atom. The monoisotopic (exact) mass is 361 g/mol. The number of hydrogen-bond donors (Lipinski definition) is 1. The minimum Gasteiger partial charge on any atom is -0.486 e. The number of aryl methyl sites for hydroxylation is 1. The van der Waals surface area contributed by atoms with Gasteiger partial charge in [-0.2, -0.15) is 0 Å². The first kappa shape index (κ1) is 19.2. The number of nitrogens with zero attached hydrogens (tertiary/aromatic N) is 2. The van der Waals surface area contributed by atoms with Crippen molar-refractivity contribution < 1.29 is 9.53 Å². The van der Waals surface area contributed by atoms with Gasteiger partial charge in [0.05, 0.1) is 12.2 Å². The summed E-state index contributed by atoms with van der Waals surface area (Å²) < 4.78 is 5.84. The Hall–Kier alpha value is -2.08. The second-order valence-electron chi connectivity index (χ2n) is 6.31. The lowest BCUT2D eigenvalue weighted by molar-refractivity contribution is 0.192. The lowest BCUT2D eigenvalue weighted by Gasteiger charge is -2.23. The van der Waals surface area contributed by atoms with Crippen LogP contribution in [0.2, 0.25) is 0 Å². The number of rotatable bonds is 8. The minimum atomic E-state index is -0.0393. The highest BCUT2D eigenvalue weighted by molar-refractivity contribution is 7.09. The van der Waals surface area contributed by atoms with E-state index in [0.717, 1.165) is 28.4 Å². The molecule has 1 heterocycles. The molecule has 0 atom stereocenters. The zero-order valence-electron chi connectivity index (χ0n) is 15.4. The summed E-state index contributed by atoms with van der Waals surface area (Å²) in [6, 6.07) is 8.03. The number of amides is 2. The summed E-state index contributed by atoms with van der Waals surface area (Å²) in [5.74, 6) is 0.878. The van der Waals surface area contributed by atoms with Crippen LogP contribution in [0.1, 0.15) is 43.5 Å². The molecule has 0 saturated carbocycles. The van der Waals surface area contributed by atoms with Crippen molar-refractivity contribution in [2.24, 2.45) is 0 Å². The van der Waals surface area contributed by atoms with Crippen molar-refractivity contribution in [3.8, 4) is 5.75 Å². The first-order valence-corrected chi connectivity index (χ1v) is 9.54. The molecule has 0 radical (unpaired) electrons. The molecule has 0 fully saturated rings. The fourth-order valence-corrected chi connectivity index (χ4v) is 3.10. The van der Waals surface area contributed by atoms with Gasteiger partial charge in [0.25, 0.3) is 0 Å². The van der Waals surface area contributed by atoms with E-state index in [0.29, 0.717) is 19.7 Å². The summed E-state index contributed by atoms with van der Waals surface area (Å²) in [5.41, 5.74) is 2.01. The molecule has 0 aliphatic carbocycles. The lowest BCUT2D eigenvalue weighted by Crippen LogP contribution is -2.42. The van der Waals surface area contributed by atoms with Gasteiger partial charge in [-0.1, -0.05) is 25.1 Å². The lowest BCUT2D eigenvalue weighted by atomic mass is 10.2. The Morgan fingerprint density at radius 3 is 2.80 bits per heavy atom. The third kappa shape index (κ3) is 6.05. The number of thiazole rings is 1. The van der Waals surface area contributed by atoms with E-state index >= 15 is 0 Å². The third-order valence-electron chi connectivity index (χ3n) is 3.59. The van der Waals surface area contributed by atoms with Gasteiger partial charge in [0.1, 0.15) is 17.4 Å². The molecule has 1 aromatic heterocycles. The van der Waals surface area contributed by atoms with Crippen LogP contribution >= 0.6 is 11.3 Å². The number of carbonyl (C=O) groups excluding carboxylic acids is 1. The molecule has 1 N–H and O–H groups in total. The summed E-state index contributed by atoms with van der Waals surface area (Å²) in [6.45, 7) is 9.70. The van der Waals surface area contributed by atoms with Crippen LogP contribution in [0.3, 0.4) is 0 Å². The first-order valence-electron chi connectivity index (χ1n) is 8.66. The summed E-state index contributed by atoms with van der Waals surface area (Å²) in [7, 11) is 0. The third-order valence-corrected chi connectivity index (χ3v) is 4.46. The Bertz CT molecular complexity index is 685. The maximum Gasteiger partial charge on any atom is 0.317 e. The molecule has 0 unspecified atom stereocenters. The highest BCUT2D eigenvalue weighted by Crippen LogP contribution is 2.19. The van der Waals surface area contributed by atoms with Crippen molar-refractivity contribution in [3.63, 3.8) is 0 Å². The van der Waals surface area contributed by atoms with E-state index in [1.54, 1.807) is 16.2 Å². The summed E-state index contributed by atoms with van der Waals surface area (Å²) >= 11 is 1.57. The Balaban J connectivity index is 1.94. The average molecular weight is 362 g/mol. The van der Waals surface area contributed by atoms with Crippen LogP contribution in [0, 0.1) is 6.92 Å². The molecule has 5 nitrogen and oxygen atoms in total. The maximum atomic E-state index is 12.3. The molecule has 0 aliphatic rings. The molecule has 0 aliphatic heterocycles. The van der Waals surface area contributed by atoms with E-state index in [2.05, 4.69) is 17.2 Å². The predicted octanol–water partition coefficient (Wildman–Crippen LogP) is 4.36. The molecule has 136 valence electrons. The molecule has 25 heavy (non-hydrogen) atoms. The Morgan fingerprint density at radius 1 is 1.36 bits per heavy atom. The number of carbonyl (C=O) groups is 1. The number of para-hydroxylation sites is 1. The molecule has 0 spiro atoms. The Kier molecular flexibility index (Phi) is 7.25. The molecular formula is C19H27N3O2S.